The monoisotopic (exact) mass is 424 g/mol. The maximum Gasteiger partial charge on any atom is 0.318 e. The second-order valence-corrected chi connectivity index (χ2v) is 6.49. The summed E-state index contributed by atoms with van der Waals surface area (Å²) in [4.78, 5) is 11.6. The molecule has 0 saturated carbocycles. The third-order valence-electron chi connectivity index (χ3n) is 3.58. The summed E-state index contributed by atoms with van der Waals surface area (Å²) < 4.78 is 7.00. The van der Waals surface area contributed by atoms with Crippen LogP contribution in [0, 0.1) is 10.5 Å². The molecule has 0 atom stereocenters. The first-order valence-corrected chi connectivity index (χ1v) is 8.60. The summed E-state index contributed by atoms with van der Waals surface area (Å²) in [6.45, 7) is 4.59. The van der Waals surface area contributed by atoms with Crippen LogP contribution in [-0.4, -0.2) is 13.1 Å². The highest BCUT2D eigenvalue weighted by molar-refractivity contribution is 14.1. The topological polar surface area (TPSA) is 50.4 Å². The van der Waals surface area contributed by atoms with Gasteiger partial charge >= 0.3 is 6.03 Å². The van der Waals surface area contributed by atoms with Gasteiger partial charge < -0.3 is 15.4 Å². The quantitative estimate of drug-likeness (QED) is 0.695. The van der Waals surface area contributed by atoms with Gasteiger partial charge in [0.05, 0.1) is 5.69 Å². The van der Waals surface area contributed by atoms with Gasteiger partial charge in [0.2, 0.25) is 0 Å². The Balaban J connectivity index is 2.15. The van der Waals surface area contributed by atoms with E-state index in [2.05, 4.69) is 52.3 Å². The van der Waals surface area contributed by atoms with Gasteiger partial charge in [0, 0.05) is 16.2 Å². The normalized spacial score (nSPS) is 10.3. The van der Waals surface area contributed by atoms with Crippen LogP contribution in [0.5, 0.6) is 5.75 Å². The van der Waals surface area contributed by atoms with Crippen LogP contribution in [0.4, 0.5) is 10.5 Å². The second-order valence-electron chi connectivity index (χ2n) is 5.25. The van der Waals surface area contributed by atoms with Crippen molar-refractivity contribution in [2.45, 2.75) is 26.9 Å². The van der Waals surface area contributed by atoms with Crippen LogP contribution in [0.15, 0.2) is 36.4 Å². The Morgan fingerprint density at radius 2 is 2.00 bits per heavy atom. The molecule has 0 spiro atoms. The zero-order valence-corrected chi connectivity index (χ0v) is 15.7. The van der Waals surface area contributed by atoms with Gasteiger partial charge in [-0.05, 0) is 65.3 Å². The summed E-state index contributed by atoms with van der Waals surface area (Å²) in [5, 5.41) is 5.40. The minimum atomic E-state index is -0.239. The van der Waals surface area contributed by atoms with Gasteiger partial charge in [0.1, 0.15) is 12.4 Å². The summed E-state index contributed by atoms with van der Waals surface area (Å²) in [5.74, 6) is 0.867. The molecule has 0 aliphatic carbocycles. The van der Waals surface area contributed by atoms with Crippen molar-refractivity contribution in [1.29, 1.82) is 0 Å². The molecule has 0 aliphatic rings. The molecule has 2 aromatic carbocycles. The van der Waals surface area contributed by atoms with Gasteiger partial charge in [-0.2, -0.15) is 0 Å². The minimum Gasteiger partial charge on any atom is -0.489 e. The standard InChI is InChI=1S/C18H21IN2O2/c1-4-13-5-8-17(12(2)9-13)23-11-14-6-7-15(19)10-16(14)21-18(22)20-3/h5-10H,4,11H2,1-3H3,(H2,20,21,22). The highest BCUT2D eigenvalue weighted by Crippen LogP contribution is 2.24. The van der Waals surface area contributed by atoms with Crippen molar-refractivity contribution in [2.75, 3.05) is 12.4 Å². The Bertz CT molecular complexity index is 701. The summed E-state index contributed by atoms with van der Waals surface area (Å²) in [6, 6.07) is 11.9. The minimum absolute atomic E-state index is 0.239. The van der Waals surface area contributed by atoms with Crippen LogP contribution in [0.1, 0.15) is 23.6 Å². The predicted octanol–water partition coefficient (Wildman–Crippen LogP) is 4.49. The Morgan fingerprint density at radius 3 is 2.65 bits per heavy atom. The second kappa shape index (κ2) is 8.19. The molecule has 23 heavy (non-hydrogen) atoms. The summed E-state index contributed by atoms with van der Waals surface area (Å²) in [7, 11) is 1.60. The Morgan fingerprint density at radius 1 is 1.22 bits per heavy atom. The third-order valence-corrected chi connectivity index (χ3v) is 4.25. The van der Waals surface area contributed by atoms with Crippen molar-refractivity contribution in [2.24, 2.45) is 0 Å². The molecule has 2 rings (SSSR count). The summed E-state index contributed by atoms with van der Waals surface area (Å²) in [6.07, 6.45) is 1.01. The first-order valence-electron chi connectivity index (χ1n) is 7.53. The lowest BCUT2D eigenvalue weighted by molar-refractivity contribution is 0.254. The third kappa shape index (κ3) is 4.86. The molecular weight excluding hydrogens is 403 g/mol. The molecule has 5 heteroatoms. The van der Waals surface area contributed by atoms with E-state index in [0.717, 1.165) is 32.6 Å². The lowest BCUT2D eigenvalue weighted by Gasteiger charge is -2.14. The first kappa shape index (κ1) is 17.6. The van der Waals surface area contributed by atoms with Crippen LogP contribution < -0.4 is 15.4 Å². The van der Waals surface area contributed by atoms with Gasteiger partial charge in [0.25, 0.3) is 0 Å². The van der Waals surface area contributed by atoms with Crippen molar-refractivity contribution >= 4 is 34.3 Å². The molecule has 2 amide bonds. The average Bonchev–Trinajstić information content (AvgIpc) is 2.54. The first-order chi connectivity index (χ1) is 11.0. The van der Waals surface area contributed by atoms with Gasteiger partial charge in [-0.25, -0.2) is 4.79 Å². The van der Waals surface area contributed by atoms with Gasteiger partial charge in [-0.1, -0.05) is 25.1 Å². The average molecular weight is 424 g/mol. The van der Waals surface area contributed by atoms with E-state index in [9.17, 15) is 4.79 Å². The van der Waals surface area contributed by atoms with Crippen molar-refractivity contribution in [3.8, 4) is 5.75 Å². The zero-order valence-electron chi connectivity index (χ0n) is 13.6. The summed E-state index contributed by atoms with van der Waals surface area (Å²) in [5.41, 5.74) is 4.12. The Labute approximate surface area is 150 Å². The number of anilines is 1. The van der Waals surface area contributed by atoms with Gasteiger partial charge in [-0.15, -0.1) is 0 Å². The van der Waals surface area contributed by atoms with Crippen LogP contribution >= 0.6 is 22.6 Å². The molecule has 0 bridgehead atoms. The van der Waals surface area contributed by atoms with Crippen LogP contribution in [0.25, 0.3) is 0 Å². The SMILES string of the molecule is CCc1ccc(OCc2ccc(I)cc2NC(=O)NC)c(C)c1. The fourth-order valence-electron chi connectivity index (χ4n) is 2.22. The van der Waals surface area contributed by atoms with Crippen molar-refractivity contribution in [3.05, 3.63) is 56.7 Å². The number of amides is 2. The van der Waals surface area contributed by atoms with E-state index in [1.54, 1.807) is 7.05 Å². The molecule has 0 heterocycles. The van der Waals surface area contributed by atoms with E-state index < -0.39 is 0 Å². The molecule has 4 nitrogen and oxygen atoms in total. The predicted molar refractivity (Wildman–Crippen MR) is 102 cm³/mol. The molecule has 0 unspecified atom stereocenters. The number of hydrogen-bond acceptors (Lipinski definition) is 2. The molecule has 0 aliphatic heterocycles. The number of rotatable bonds is 5. The Hall–Kier alpha value is -1.76. The van der Waals surface area contributed by atoms with E-state index in [0.29, 0.717) is 6.61 Å². The van der Waals surface area contributed by atoms with E-state index >= 15 is 0 Å². The summed E-state index contributed by atoms with van der Waals surface area (Å²) >= 11 is 2.22. The van der Waals surface area contributed by atoms with Gasteiger partial charge in [-0.3, -0.25) is 0 Å². The van der Waals surface area contributed by atoms with Crippen LogP contribution in [0.2, 0.25) is 0 Å². The Kier molecular flexibility index (Phi) is 6.27. The van der Waals surface area contributed by atoms with Gasteiger partial charge in [0.15, 0.2) is 0 Å². The highest BCUT2D eigenvalue weighted by atomic mass is 127. The number of carbonyl (C=O) groups is 1. The van der Waals surface area contributed by atoms with E-state index in [-0.39, 0.29) is 6.03 Å². The molecule has 0 fully saturated rings. The molecule has 2 N–H and O–H groups in total. The number of hydrogen-bond donors (Lipinski definition) is 2. The number of carbonyl (C=O) groups excluding carboxylic acids is 1. The lowest BCUT2D eigenvalue weighted by atomic mass is 10.1. The van der Waals surface area contributed by atoms with E-state index in [1.807, 2.05) is 31.2 Å². The molecule has 0 aromatic heterocycles. The fourth-order valence-corrected chi connectivity index (χ4v) is 2.72. The highest BCUT2D eigenvalue weighted by Gasteiger charge is 2.08. The van der Waals surface area contributed by atoms with Crippen LogP contribution in [-0.2, 0) is 13.0 Å². The number of aryl methyl sites for hydroxylation is 2. The van der Waals surface area contributed by atoms with Crippen LogP contribution in [0.3, 0.4) is 0 Å². The molecule has 0 saturated heterocycles. The molecular formula is C18H21IN2O2. The smallest absolute Gasteiger partial charge is 0.318 e. The van der Waals surface area contributed by atoms with Crippen molar-refractivity contribution in [3.63, 3.8) is 0 Å². The number of benzene rings is 2. The number of nitrogens with one attached hydrogen (secondary N) is 2. The largest absolute Gasteiger partial charge is 0.489 e. The van der Waals surface area contributed by atoms with E-state index in [1.165, 1.54) is 5.56 Å². The molecule has 0 radical (unpaired) electrons. The van der Waals surface area contributed by atoms with E-state index in [4.69, 9.17) is 4.74 Å². The number of halogens is 1. The number of urea groups is 1. The van der Waals surface area contributed by atoms with Crippen molar-refractivity contribution in [1.82, 2.24) is 5.32 Å². The maximum absolute atomic E-state index is 11.6. The molecule has 122 valence electrons. The fraction of sp³-hybridized carbons (Fsp3) is 0.278. The molecule has 2 aromatic rings. The zero-order chi connectivity index (χ0) is 16.8. The lowest BCUT2D eigenvalue weighted by Crippen LogP contribution is -2.25. The van der Waals surface area contributed by atoms with Crippen molar-refractivity contribution < 1.29 is 9.53 Å². The maximum atomic E-state index is 11.6. The number of ether oxygens (including phenoxy) is 1.